The minimum Gasteiger partial charge on any atom is -0.351 e. The number of sulfonamides is 1. The van der Waals surface area contributed by atoms with Crippen molar-refractivity contribution in [3.63, 3.8) is 0 Å². The molecule has 1 unspecified atom stereocenters. The van der Waals surface area contributed by atoms with Crippen LogP contribution in [0.25, 0.3) is 10.2 Å². The van der Waals surface area contributed by atoms with Crippen LogP contribution >= 0.6 is 23.1 Å². The lowest BCUT2D eigenvalue weighted by Crippen LogP contribution is -2.32. The zero-order valence-corrected chi connectivity index (χ0v) is 21.0. The van der Waals surface area contributed by atoms with Crippen molar-refractivity contribution in [2.45, 2.75) is 43.2 Å². The van der Waals surface area contributed by atoms with Crippen LogP contribution in [0.2, 0.25) is 0 Å². The van der Waals surface area contributed by atoms with Gasteiger partial charge in [-0.1, -0.05) is 18.2 Å². The van der Waals surface area contributed by atoms with Crippen LogP contribution in [-0.2, 0) is 27.1 Å². The molecule has 172 valence electrons. The van der Waals surface area contributed by atoms with E-state index in [1.54, 1.807) is 25.1 Å². The van der Waals surface area contributed by atoms with E-state index in [-0.39, 0.29) is 22.9 Å². The van der Waals surface area contributed by atoms with E-state index in [4.69, 9.17) is 0 Å². The molecule has 11 heteroatoms. The number of benzene rings is 1. The van der Waals surface area contributed by atoms with Crippen molar-refractivity contribution < 1.29 is 13.2 Å². The minimum absolute atomic E-state index is 0.0990. The highest BCUT2D eigenvalue weighted by Crippen LogP contribution is 2.26. The zero-order chi connectivity index (χ0) is 23.6. The molecule has 1 atom stereocenters. The molecule has 3 rings (SSSR count). The monoisotopic (exact) mass is 494 g/mol. The number of fused-ring (bicyclic) bond motifs is 1. The van der Waals surface area contributed by atoms with Crippen LogP contribution in [0, 0.1) is 13.8 Å². The topological polar surface area (TPSA) is 112 Å². The van der Waals surface area contributed by atoms with Gasteiger partial charge in [0.1, 0.15) is 10.7 Å². The molecule has 0 radical (unpaired) electrons. The number of carbonyl (C=O) groups excluding carboxylic acids is 1. The van der Waals surface area contributed by atoms with Crippen LogP contribution in [0.4, 0.5) is 0 Å². The van der Waals surface area contributed by atoms with E-state index in [1.165, 1.54) is 43.3 Å². The number of thiophene rings is 1. The highest BCUT2D eigenvalue weighted by atomic mass is 32.2. The van der Waals surface area contributed by atoms with Crippen molar-refractivity contribution in [2.24, 2.45) is 0 Å². The van der Waals surface area contributed by atoms with Gasteiger partial charge in [-0.15, -0.1) is 23.1 Å². The molecule has 1 aromatic carbocycles. The first-order chi connectivity index (χ1) is 15.0. The summed E-state index contributed by atoms with van der Waals surface area (Å²) in [6.07, 6.45) is 0. The van der Waals surface area contributed by atoms with Gasteiger partial charge >= 0.3 is 0 Å². The molecule has 0 saturated heterocycles. The van der Waals surface area contributed by atoms with Gasteiger partial charge in [-0.2, -0.15) is 0 Å². The maximum atomic E-state index is 12.6. The van der Waals surface area contributed by atoms with Crippen LogP contribution in [0.1, 0.15) is 28.8 Å². The molecule has 0 aliphatic carbocycles. The molecule has 0 saturated carbocycles. The van der Waals surface area contributed by atoms with Gasteiger partial charge in [0.05, 0.1) is 21.3 Å². The number of aromatic nitrogens is 2. The van der Waals surface area contributed by atoms with Crippen molar-refractivity contribution in [3.05, 3.63) is 56.4 Å². The molecular weight excluding hydrogens is 468 g/mol. The molecular formula is C21H26N4O4S3. The summed E-state index contributed by atoms with van der Waals surface area (Å²) in [4.78, 5) is 34.3. The van der Waals surface area contributed by atoms with E-state index in [0.29, 0.717) is 27.4 Å². The summed E-state index contributed by atoms with van der Waals surface area (Å²) in [6.45, 7) is 5.73. The Bertz CT molecular complexity index is 1310. The Morgan fingerprint density at radius 2 is 1.97 bits per heavy atom. The molecule has 2 aromatic heterocycles. The average Bonchev–Trinajstić information content (AvgIpc) is 3.04. The van der Waals surface area contributed by atoms with E-state index >= 15 is 0 Å². The number of carbonyl (C=O) groups is 1. The van der Waals surface area contributed by atoms with E-state index < -0.39 is 15.3 Å². The fraction of sp³-hybridized carbons (Fsp3) is 0.381. The van der Waals surface area contributed by atoms with Gasteiger partial charge in [0.15, 0.2) is 0 Å². The average molecular weight is 495 g/mol. The van der Waals surface area contributed by atoms with E-state index in [0.717, 1.165) is 14.7 Å². The SMILES string of the molecule is Cc1sc2nc(CSC(C)C(=O)NCc3ccccc3S(=O)(=O)N(C)C)[nH]c(=O)c2c1C. The molecule has 32 heavy (non-hydrogen) atoms. The van der Waals surface area contributed by atoms with Gasteiger partial charge in [-0.05, 0) is 38.0 Å². The van der Waals surface area contributed by atoms with Crippen LogP contribution < -0.4 is 10.9 Å². The molecule has 0 aliphatic heterocycles. The Labute approximate surface area is 195 Å². The summed E-state index contributed by atoms with van der Waals surface area (Å²) < 4.78 is 26.2. The summed E-state index contributed by atoms with van der Waals surface area (Å²) >= 11 is 2.84. The molecule has 0 spiro atoms. The van der Waals surface area contributed by atoms with Crippen molar-refractivity contribution >= 4 is 49.2 Å². The normalized spacial score (nSPS) is 12.9. The number of rotatable bonds is 8. The number of thioether (sulfide) groups is 1. The van der Waals surface area contributed by atoms with Crippen LogP contribution in [0.3, 0.4) is 0 Å². The van der Waals surface area contributed by atoms with Crippen molar-refractivity contribution in [2.75, 3.05) is 14.1 Å². The smallest absolute Gasteiger partial charge is 0.259 e. The van der Waals surface area contributed by atoms with E-state index in [2.05, 4.69) is 15.3 Å². The predicted octanol–water partition coefficient (Wildman–Crippen LogP) is 2.79. The van der Waals surface area contributed by atoms with Crippen LogP contribution in [-0.4, -0.2) is 47.9 Å². The third kappa shape index (κ3) is 5.06. The number of hydrogen-bond donors (Lipinski definition) is 2. The lowest BCUT2D eigenvalue weighted by atomic mass is 10.2. The summed E-state index contributed by atoms with van der Waals surface area (Å²) in [6, 6.07) is 6.60. The maximum absolute atomic E-state index is 12.6. The summed E-state index contributed by atoms with van der Waals surface area (Å²) in [5, 5.41) is 3.01. The van der Waals surface area contributed by atoms with E-state index in [1.807, 2.05) is 13.8 Å². The second kappa shape index (κ2) is 9.74. The van der Waals surface area contributed by atoms with Crippen molar-refractivity contribution in [3.8, 4) is 0 Å². The second-order valence-corrected chi connectivity index (χ2v) is 12.2. The second-order valence-electron chi connectivity index (χ2n) is 7.54. The van der Waals surface area contributed by atoms with Crippen molar-refractivity contribution in [1.29, 1.82) is 0 Å². The quantitative estimate of drug-likeness (QED) is 0.498. The number of aryl methyl sites for hydroxylation is 2. The number of nitrogens with one attached hydrogen (secondary N) is 2. The standard InChI is InChI=1S/C21H26N4O4S3/c1-12-13(2)31-21-18(12)20(27)23-17(24-21)11-30-14(3)19(26)22-10-15-8-6-7-9-16(15)32(28,29)25(4)5/h6-9,14H,10-11H2,1-5H3,(H,22,26)(H,23,24,27). The molecule has 2 heterocycles. The Morgan fingerprint density at radius 1 is 1.28 bits per heavy atom. The molecule has 0 aliphatic rings. The fourth-order valence-corrected chi connectivity index (χ4v) is 6.02. The molecule has 0 bridgehead atoms. The van der Waals surface area contributed by atoms with Crippen molar-refractivity contribution in [1.82, 2.24) is 19.6 Å². The summed E-state index contributed by atoms with van der Waals surface area (Å²) in [5.74, 6) is 0.676. The number of nitrogens with zero attached hydrogens (tertiary/aromatic N) is 2. The fourth-order valence-electron chi connectivity index (χ4n) is 3.07. The highest BCUT2D eigenvalue weighted by Gasteiger charge is 2.22. The van der Waals surface area contributed by atoms with Gasteiger partial charge in [0.2, 0.25) is 15.9 Å². The molecule has 8 nitrogen and oxygen atoms in total. The third-order valence-electron chi connectivity index (χ3n) is 5.11. The van der Waals surface area contributed by atoms with E-state index in [9.17, 15) is 18.0 Å². The largest absolute Gasteiger partial charge is 0.351 e. The van der Waals surface area contributed by atoms with Gasteiger partial charge in [0, 0.05) is 25.5 Å². The zero-order valence-electron chi connectivity index (χ0n) is 18.6. The minimum atomic E-state index is -3.61. The van der Waals surface area contributed by atoms with Gasteiger partial charge in [0.25, 0.3) is 5.56 Å². The Morgan fingerprint density at radius 3 is 2.66 bits per heavy atom. The maximum Gasteiger partial charge on any atom is 0.259 e. The number of aromatic amines is 1. The van der Waals surface area contributed by atoms with Crippen LogP contribution in [0.5, 0.6) is 0 Å². The number of hydrogen-bond acceptors (Lipinski definition) is 7. The Hall–Kier alpha value is -2.21. The molecule has 1 amide bonds. The predicted molar refractivity (Wildman–Crippen MR) is 130 cm³/mol. The third-order valence-corrected chi connectivity index (χ3v) is 9.28. The summed E-state index contributed by atoms with van der Waals surface area (Å²) in [5.41, 5.74) is 1.30. The lowest BCUT2D eigenvalue weighted by molar-refractivity contribution is -0.120. The molecule has 2 N–H and O–H groups in total. The number of H-pyrrole nitrogens is 1. The van der Waals surface area contributed by atoms with Gasteiger partial charge in [-0.3, -0.25) is 9.59 Å². The molecule has 3 aromatic rings. The highest BCUT2D eigenvalue weighted by molar-refractivity contribution is 7.99. The Balaban J connectivity index is 1.65. The first-order valence-corrected chi connectivity index (χ1v) is 13.2. The van der Waals surface area contributed by atoms with Crippen LogP contribution in [0.15, 0.2) is 34.0 Å². The first-order valence-electron chi connectivity index (χ1n) is 9.91. The number of amides is 1. The Kier molecular flexibility index (Phi) is 7.43. The molecule has 0 fully saturated rings. The lowest BCUT2D eigenvalue weighted by Gasteiger charge is -2.16. The van der Waals surface area contributed by atoms with Gasteiger partial charge in [-0.25, -0.2) is 17.7 Å². The van der Waals surface area contributed by atoms with Gasteiger partial charge < -0.3 is 10.3 Å². The summed E-state index contributed by atoms with van der Waals surface area (Å²) in [7, 11) is -0.669. The first kappa shape index (κ1) is 24.4.